The van der Waals surface area contributed by atoms with Crippen LogP contribution in [0.15, 0.2) is 65.8 Å². The van der Waals surface area contributed by atoms with Crippen LogP contribution >= 0.6 is 0 Å². The van der Waals surface area contributed by atoms with Crippen LogP contribution in [0.4, 0.5) is 0 Å². The summed E-state index contributed by atoms with van der Waals surface area (Å²) >= 11 is 0. The van der Waals surface area contributed by atoms with Gasteiger partial charge in [0.25, 0.3) is 0 Å². The van der Waals surface area contributed by atoms with Gasteiger partial charge in [-0.05, 0) is 12.1 Å². The van der Waals surface area contributed by atoms with Gasteiger partial charge in [0, 0.05) is 16.9 Å². The molecule has 0 radical (unpaired) electrons. The number of nitrogens with zero attached hydrogens (tertiary/aromatic N) is 1. The van der Waals surface area contributed by atoms with Crippen molar-refractivity contribution in [2.75, 3.05) is 0 Å². The average Bonchev–Trinajstić information content (AvgIpc) is 2.31. The molecule has 16 heavy (non-hydrogen) atoms. The van der Waals surface area contributed by atoms with Crippen molar-refractivity contribution in [3.63, 3.8) is 0 Å². The van der Waals surface area contributed by atoms with Crippen molar-refractivity contribution in [3.05, 3.63) is 60.9 Å². The van der Waals surface area contributed by atoms with Crippen molar-refractivity contribution in [1.82, 2.24) is 0 Å². The summed E-state index contributed by atoms with van der Waals surface area (Å²) in [6.07, 6.45) is 3.03. The molecular formula is C11H10NO3S+. The monoisotopic (exact) mass is 236 g/mol. The molecule has 0 aliphatic heterocycles. The Labute approximate surface area is 93.8 Å². The van der Waals surface area contributed by atoms with Gasteiger partial charge < -0.3 is 0 Å². The molecule has 5 heteroatoms. The van der Waals surface area contributed by atoms with E-state index in [4.69, 9.17) is 4.28 Å². The number of hydrogen-bond acceptors (Lipinski definition) is 3. The van der Waals surface area contributed by atoms with Crippen molar-refractivity contribution in [2.24, 2.45) is 0 Å². The molecular weight excluding hydrogens is 226 g/mol. The third-order valence-electron chi connectivity index (χ3n) is 1.90. The smallest absolute Gasteiger partial charge is 0.176 e. The summed E-state index contributed by atoms with van der Waals surface area (Å²) in [7, 11) is -3.75. The maximum Gasteiger partial charge on any atom is 0.396 e. The van der Waals surface area contributed by atoms with Gasteiger partial charge in [0.2, 0.25) is 12.4 Å². The number of pyridine rings is 1. The van der Waals surface area contributed by atoms with Gasteiger partial charge in [0.1, 0.15) is 4.90 Å². The largest absolute Gasteiger partial charge is 0.396 e. The van der Waals surface area contributed by atoms with E-state index in [-0.39, 0.29) is 4.90 Å². The van der Waals surface area contributed by atoms with Crippen LogP contribution in [0.2, 0.25) is 0 Å². The topological polar surface area (TPSA) is 47.3 Å². The first-order chi connectivity index (χ1) is 7.68. The molecule has 0 unspecified atom stereocenters. The SMILES string of the molecule is O=S(=O)(O[n+]1ccccc1)c1ccccc1. The van der Waals surface area contributed by atoms with Gasteiger partial charge in [-0.2, -0.15) is 8.42 Å². The summed E-state index contributed by atoms with van der Waals surface area (Å²) in [6.45, 7) is 0. The van der Waals surface area contributed by atoms with Crippen LogP contribution in [0.1, 0.15) is 0 Å². The minimum absolute atomic E-state index is 0.131. The standard InChI is InChI=1S/C11H10NO3S/c13-16(14,11-7-3-1-4-8-11)15-12-9-5-2-6-10-12/h1-10H/q+1. The molecule has 1 aromatic heterocycles. The molecule has 0 saturated carbocycles. The van der Waals surface area contributed by atoms with Gasteiger partial charge in [0.05, 0.1) is 0 Å². The first kappa shape index (κ1) is 10.6. The van der Waals surface area contributed by atoms with E-state index < -0.39 is 10.1 Å². The van der Waals surface area contributed by atoms with Gasteiger partial charge >= 0.3 is 10.1 Å². The minimum atomic E-state index is -3.75. The van der Waals surface area contributed by atoms with Crippen LogP contribution in [0.5, 0.6) is 0 Å². The summed E-state index contributed by atoms with van der Waals surface area (Å²) in [5, 5.41) is 0. The molecule has 2 rings (SSSR count). The molecule has 0 N–H and O–H groups in total. The maximum absolute atomic E-state index is 11.8. The van der Waals surface area contributed by atoms with Gasteiger partial charge in [-0.3, -0.25) is 0 Å². The fourth-order valence-corrected chi connectivity index (χ4v) is 2.08. The molecule has 0 atom stereocenters. The van der Waals surface area contributed by atoms with E-state index in [1.807, 2.05) is 0 Å². The molecule has 1 aromatic carbocycles. The van der Waals surface area contributed by atoms with E-state index in [0.717, 1.165) is 4.73 Å². The van der Waals surface area contributed by atoms with Crippen molar-refractivity contribution in [3.8, 4) is 0 Å². The lowest BCUT2D eigenvalue weighted by molar-refractivity contribution is -0.856. The zero-order valence-corrected chi connectivity index (χ0v) is 9.17. The van der Waals surface area contributed by atoms with E-state index >= 15 is 0 Å². The summed E-state index contributed by atoms with van der Waals surface area (Å²) in [6, 6.07) is 13.1. The lowest BCUT2D eigenvalue weighted by Gasteiger charge is -1.99. The molecule has 2 aromatic rings. The zero-order chi connectivity index (χ0) is 11.4. The quantitative estimate of drug-likeness (QED) is 0.740. The van der Waals surface area contributed by atoms with E-state index in [1.54, 1.807) is 36.4 Å². The van der Waals surface area contributed by atoms with Crippen LogP contribution in [-0.4, -0.2) is 8.42 Å². The summed E-state index contributed by atoms with van der Waals surface area (Å²) < 4.78 is 29.5. The second-order valence-electron chi connectivity index (χ2n) is 3.08. The fourth-order valence-electron chi connectivity index (χ4n) is 1.18. The molecule has 0 amide bonds. The Balaban J connectivity index is 2.29. The first-order valence-electron chi connectivity index (χ1n) is 4.65. The number of hydrogen-bond donors (Lipinski definition) is 0. The van der Waals surface area contributed by atoms with Crippen molar-refractivity contribution in [2.45, 2.75) is 4.90 Å². The normalized spacial score (nSPS) is 11.0. The summed E-state index contributed by atoms with van der Waals surface area (Å²) in [5.74, 6) is 0. The van der Waals surface area contributed by atoms with Crippen LogP contribution in [-0.2, 0) is 10.1 Å². The number of rotatable bonds is 3. The molecule has 1 heterocycles. The molecule has 0 bridgehead atoms. The van der Waals surface area contributed by atoms with E-state index in [0.29, 0.717) is 0 Å². The molecule has 0 fully saturated rings. The Morgan fingerprint density at radius 3 is 2.06 bits per heavy atom. The molecule has 0 spiro atoms. The van der Waals surface area contributed by atoms with Crippen LogP contribution in [0.3, 0.4) is 0 Å². The Morgan fingerprint density at radius 2 is 1.44 bits per heavy atom. The minimum Gasteiger partial charge on any atom is -0.176 e. The molecule has 0 aliphatic carbocycles. The molecule has 0 saturated heterocycles. The lowest BCUT2D eigenvalue weighted by atomic mass is 10.4. The fraction of sp³-hybridized carbons (Fsp3) is 0. The summed E-state index contributed by atoms with van der Waals surface area (Å²) in [4.78, 5) is 0.131. The Kier molecular flexibility index (Phi) is 2.87. The van der Waals surface area contributed by atoms with Gasteiger partial charge in [0.15, 0.2) is 0 Å². The Hall–Kier alpha value is -1.88. The third-order valence-corrected chi connectivity index (χ3v) is 3.12. The van der Waals surface area contributed by atoms with E-state index in [1.165, 1.54) is 24.5 Å². The van der Waals surface area contributed by atoms with Crippen LogP contribution < -0.4 is 9.01 Å². The van der Waals surface area contributed by atoms with Crippen molar-refractivity contribution in [1.29, 1.82) is 0 Å². The van der Waals surface area contributed by atoms with Crippen LogP contribution in [0.25, 0.3) is 0 Å². The highest BCUT2D eigenvalue weighted by Crippen LogP contribution is 2.06. The molecule has 0 aliphatic rings. The highest BCUT2D eigenvalue weighted by molar-refractivity contribution is 7.86. The van der Waals surface area contributed by atoms with Crippen molar-refractivity contribution >= 4 is 10.1 Å². The van der Waals surface area contributed by atoms with Crippen LogP contribution in [0, 0.1) is 0 Å². The average molecular weight is 236 g/mol. The third kappa shape index (κ3) is 2.38. The van der Waals surface area contributed by atoms with Crippen molar-refractivity contribution < 1.29 is 17.4 Å². The van der Waals surface area contributed by atoms with E-state index in [9.17, 15) is 8.42 Å². The second-order valence-corrected chi connectivity index (χ2v) is 4.61. The lowest BCUT2D eigenvalue weighted by Crippen LogP contribution is -2.44. The summed E-state index contributed by atoms with van der Waals surface area (Å²) in [5.41, 5.74) is 0. The predicted molar refractivity (Wildman–Crippen MR) is 56.8 cm³/mol. The Morgan fingerprint density at radius 1 is 0.875 bits per heavy atom. The molecule has 82 valence electrons. The van der Waals surface area contributed by atoms with Gasteiger partial charge in [-0.25, -0.2) is 0 Å². The van der Waals surface area contributed by atoms with Gasteiger partial charge in [-0.15, -0.1) is 4.28 Å². The second kappa shape index (κ2) is 4.32. The highest BCUT2D eigenvalue weighted by Gasteiger charge is 2.20. The molecule has 4 nitrogen and oxygen atoms in total. The highest BCUT2D eigenvalue weighted by atomic mass is 32.2. The first-order valence-corrected chi connectivity index (χ1v) is 6.06. The number of benzene rings is 1. The maximum atomic E-state index is 11.8. The van der Waals surface area contributed by atoms with Gasteiger partial charge in [-0.1, -0.05) is 24.3 Å². The number of aromatic nitrogens is 1. The Bertz CT molecular complexity index is 552. The zero-order valence-electron chi connectivity index (χ0n) is 8.35. The predicted octanol–water partition coefficient (Wildman–Crippen LogP) is 0.792. The van der Waals surface area contributed by atoms with E-state index in [2.05, 4.69) is 0 Å².